The summed E-state index contributed by atoms with van der Waals surface area (Å²) in [6.07, 6.45) is 1.23. The summed E-state index contributed by atoms with van der Waals surface area (Å²) < 4.78 is 12.8. The van der Waals surface area contributed by atoms with Crippen molar-refractivity contribution >= 4 is 23.4 Å². The first-order chi connectivity index (χ1) is 17.7. The standard InChI is InChI=1S/C27H26N4O4S/c32-15-18-9-11-19(12-10-18)24-14-23(16-36-27-28-17-29-31-27)34-26(35-24)21-7-4-8-22(13-21)30-25(33)20-5-2-1-3-6-20/h1-13,17,23-24,26,32H,14-16H2,(H,30,33)(H,28,29,31)/t23-,24+,26+/m1/s1. The van der Waals surface area contributed by atoms with Gasteiger partial charge in [-0.05, 0) is 35.4 Å². The fourth-order valence-electron chi connectivity index (χ4n) is 4.01. The van der Waals surface area contributed by atoms with Crippen molar-refractivity contribution in [3.63, 3.8) is 0 Å². The van der Waals surface area contributed by atoms with E-state index in [4.69, 9.17) is 9.47 Å². The van der Waals surface area contributed by atoms with Gasteiger partial charge in [-0.2, -0.15) is 5.10 Å². The van der Waals surface area contributed by atoms with E-state index in [9.17, 15) is 9.90 Å². The van der Waals surface area contributed by atoms with E-state index in [1.54, 1.807) is 23.9 Å². The highest BCUT2D eigenvalue weighted by atomic mass is 32.2. The van der Waals surface area contributed by atoms with Gasteiger partial charge in [-0.15, -0.1) is 0 Å². The van der Waals surface area contributed by atoms with Gasteiger partial charge in [0.05, 0.1) is 18.8 Å². The van der Waals surface area contributed by atoms with Crippen LogP contribution in [0.5, 0.6) is 0 Å². The van der Waals surface area contributed by atoms with Gasteiger partial charge < -0.3 is 19.9 Å². The molecule has 1 amide bonds. The number of aromatic amines is 1. The molecule has 184 valence electrons. The third-order valence-electron chi connectivity index (χ3n) is 5.87. The number of nitrogens with one attached hydrogen (secondary N) is 2. The Morgan fingerprint density at radius 1 is 1.03 bits per heavy atom. The van der Waals surface area contributed by atoms with Gasteiger partial charge in [-0.3, -0.25) is 9.89 Å². The molecule has 0 spiro atoms. The molecule has 0 saturated carbocycles. The number of hydrogen-bond acceptors (Lipinski definition) is 7. The number of benzene rings is 3. The maximum Gasteiger partial charge on any atom is 0.255 e. The molecule has 3 N–H and O–H groups in total. The fourth-order valence-corrected chi connectivity index (χ4v) is 4.81. The Kier molecular flexibility index (Phi) is 7.73. The second kappa shape index (κ2) is 11.5. The average Bonchev–Trinajstić information content (AvgIpc) is 3.46. The van der Waals surface area contributed by atoms with Crippen LogP contribution < -0.4 is 5.32 Å². The highest BCUT2D eigenvalue weighted by molar-refractivity contribution is 7.99. The van der Waals surface area contributed by atoms with Gasteiger partial charge in [0.2, 0.25) is 0 Å². The first-order valence-electron chi connectivity index (χ1n) is 11.6. The van der Waals surface area contributed by atoms with Crippen LogP contribution in [0.1, 0.15) is 45.9 Å². The lowest BCUT2D eigenvalue weighted by molar-refractivity contribution is -0.245. The third kappa shape index (κ3) is 6.00. The molecule has 5 rings (SSSR count). The maximum atomic E-state index is 12.6. The smallest absolute Gasteiger partial charge is 0.255 e. The maximum absolute atomic E-state index is 12.6. The van der Waals surface area contributed by atoms with E-state index in [1.165, 1.54) is 6.33 Å². The Hall–Kier alpha value is -3.50. The minimum absolute atomic E-state index is 0.00448. The van der Waals surface area contributed by atoms with Gasteiger partial charge in [0, 0.05) is 29.0 Å². The van der Waals surface area contributed by atoms with Crippen molar-refractivity contribution in [1.29, 1.82) is 0 Å². The minimum atomic E-state index is -0.616. The van der Waals surface area contributed by atoms with E-state index in [0.717, 1.165) is 21.8 Å². The number of aromatic nitrogens is 3. The van der Waals surface area contributed by atoms with E-state index in [0.29, 0.717) is 23.4 Å². The first-order valence-corrected chi connectivity index (χ1v) is 12.6. The summed E-state index contributed by atoms with van der Waals surface area (Å²) in [4.78, 5) is 16.8. The Morgan fingerprint density at radius 3 is 2.61 bits per heavy atom. The molecule has 1 fully saturated rings. The van der Waals surface area contributed by atoms with Gasteiger partial charge in [0.1, 0.15) is 6.33 Å². The third-order valence-corrected chi connectivity index (χ3v) is 6.88. The molecule has 0 unspecified atom stereocenters. The largest absolute Gasteiger partial charge is 0.392 e. The number of ether oxygens (including phenoxy) is 2. The average molecular weight is 503 g/mol. The number of H-pyrrole nitrogens is 1. The van der Waals surface area contributed by atoms with E-state index in [1.807, 2.05) is 66.7 Å². The highest BCUT2D eigenvalue weighted by Gasteiger charge is 2.32. The number of aliphatic hydroxyl groups excluding tert-OH is 1. The molecular formula is C27H26N4O4S. The predicted molar refractivity (Wildman–Crippen MR) is 136 cm³/mol. The lowest BCUT2D eigenvalue weighted by atomic mass is 10.0. The molecular weight excluding hydrogens is 476 g/mol. The number of carbonyl (C=O) groups is 1. The molecule has 4 aromatic rings. The topological polar surface area (TPSA) is 109 Å². The van der Waals surface area contributed by atoms with Crippen LogP contribution in [0, 0.1) is 0 Å². The number of nitrogens with zero attached hydrogens (tertiary/aromatic N) is 2. The molecule has 1 aromatic heterocycles. The second-order valence-corrected chi connectivity index (χ2v) is 9.41. The number of thioether (sulfide) groups is 1. The Morgan fingerprint density at radius 2 is 1.86 bits per heavy atom. The summed E-state index contributed by atoms with van der Waals surface area (Å²) in [6.45, 7) is -0.00448. The molecule has 9 heteroatoms. The van der Waals surface area contributed by atoms with Gasteiger partial charge in [0.25, 0.3) is 5.91 Å². The van der Waals surface area contributed by atoms with Crippen molar-refractivity contribution < 1.29 is 19.4 Å². The Labute approximate surface area is 213 Å². The van der Waals surface area contributed by atoms with Crippen molar-refractivity contribution in [3.8, 4) is 0 Å². The van der Waals surface area contributed by atoms with Crippen LogP contribution in [0.2, 0.25) is 0 Å². The van der Waals surface area contributed by atoms with Crippen molar-refractivity contribution in [2.24, 2.45) is 0 Å². The molecule has 1 saturated heterocycles. The zero-order valence-corrected chi connectivity index (χ0v) is 20.2. The number of aliphatic hydroxyl groups is 1. The highest BCUT2D eigenvalue weighted by Crippen LogP contribution is 2.39. The van der Waals surface area contributed by atoms with Crippen LogP contribution in [0.3, 0.4) is 0 Å². The van der Waals surface area contributed by atoms with Crippen molar-refractivity contribution in [2.75, 3.05) is 11.1 Å². The van der Waals surface area contributed by atoms with E-state index < -0.39 is 6.29 Å². The molecule has 3 aromatic carbocycles. The van der Waals surface area contributed by atoms with Crippen LogP contribution in [0.15, 0.2) is 90.3 Å². The summed E-state index contributed by atoms with van der Waals surface area (Å²) in [5, 5.41) is 19.8. The molecule has 3 atom stereocenters. The van der Waals surface area contributed by atoms with Crippen molar-refractivity contribution in [1.82, 2.24) is 15.2 Å². The molecule has 1 aliphatic heterocycles. The number of carbonyl (C=O) groups excluding carboxylic acids is 1. The minimum Gasteiger partial charge on any atom is -0.392 e. The zero-order valence-electron chi connectivity index (χ0n) is 19.4. The molecule has 0 aliphatic carbocycles. The van der Waals surface area contributed by atoms with E-state index in [2.05, 4.69) is 20.5 Å². The lowest BCUT2D eigenvalue weighted by Gasteiger charge is -2.36. The molecule has 0 radical (unpaired) electrons. The second-order valence-electron chi connectivity index (χ2n) is 8.40. The molecule has 1 aliphatic rings. The quantitative estimate of drug-likeness (QED) is 0.294. The van der Waals surface area contributed by atoms with E-state index in [-0.39, 0.29) is 24.7 Å². The van der Waals surface area contributed by atoms with Crippen LogP contribution in [-0.2, 0) is 16.1 Å². The van der Waals surface area contributed by atoms with Crippen molar-refractivity contribution in [2.45, 2.75) is 36.7 Å². The van der Waals surface area contributed by atoms with Crippen LogP contribution in [-0.4, -0.2) is 38.1 Å². The lowest BCUT2D eigenvalue weighted by Crippen LogP contribution is -2.31. The summed E-state index contributed by atoms with van der Waals surface area (Å²) in [5.41, 5.74) is 3.93. The van der Waals surface area contributed by atoms with Crippen LogP contribution >= 0.6 is 11.8 Å². The van der Waals surface area contributed by atoms with Gasteiger partial charge in [-0.1, -0.05) is 66.4 Å². The molecule has 2 heterocycles. The van der Waals surface area contributed by atoms with Gasteiger partial charge in [-0.25, -0.2) is 4.98 Å². The van der Waals surface area contributed by atoms with Crippen LogP contribution in [0.4, 0.5) is 5.69 Å². The molecule has 36 heavy (non-hydrogen) atoms. The molecule has 0 bridgehead atoms. The summed E-state index contributed by atoms with van der Waals surface area (Å²) in [7, 11) is 0. The van der Waals surface area contributed by atoms with Gasteiger partial charge in [0.15, 0.2) is 11.4 Å². The number of hydrogen-bond donors (Lipinski definition) is 3. The predicted octanol–water partition coefficient (Wildman–Crippen LogP) is 4.89. The summed E-state index contributed by atoms with van der Waals surface area (Å²) in [6, 6.07) is 24.4. The van der Waals surface area contributed by atoms with Gasteiger partial charge >= 0.3 is 0 Å². The number of amides is 1. The summed E-state index contributed by atoms with van der Waals surface area (Å²) in [5.74, 6) is 0.492. The normalized spacial score (nSPS) is 19.6. The molecule has 8 nitrogen and oxygen atoms in total. The Balaban J connectivity index is 1.35. The zero-order chi connectivity index (χ0) is 24.7. The SMILES string of the molecule is O=C(Nc1cccc([C@H]2O[C@@H](CSc3ncn[nH]3)C[C@@H](c3ccc(CO)cc3)O2)c1)c1ccccc1. The monoisotopic (exact) mass is 502 g/mol. The Bertz CT molecular complexity index is 1270. The summed E-state index contributed by atoms with van der Waals surface area (Å²) >= 11 is 1.54. The van der Waals surface area contributed by atoms with Crippen LogP contribution in [0.25, 0.3) is 0 Å². The number of anilines is 1. The number of rotatable bonds is 8. The van der Waals surface area contributed by atoms with Crippen molar-refractivity contribution in [3.05, 3.63) is 107 Å². The van der Waals surface area contributed by atoms with E-state index >= 15 is 0 Å². The fraction of sp³-hybridized carbons (Fsp3) is 0.222. The first kappa shape index (κ1) is 24.2.